The molecule has 1 rings (SSSR count). The van der Waals surface area contributed by atoms with Crippen molar-refractivity contribution in [2.24, 2.45) is 0 Å². The van der Waals surface area contributed by atoms with Crippen molar-refractivity contribution >= 4 is 18.3 Å². The number of benzene rings is 1. The molecule has 0 radical (unpaired) electrons. The minimum atomic E-state index is 0.968. The van der Waals surface area contributed by atoms with Crippen LogP contribution in [0.5, 0.6) is 0 Å². The van der Waals surface area contributed by atoms with E-state index in [9.17, 15) is 0 Å². The summed E-state index contributed by atoms with van der Waals surface area (Å²) in [6, 6.07) is 8.71. The lowest BCUT2D eigenvalue weighted by molar-refractivity contribution is 0.935. The maximum absolute atomic E-state index is 4.20. The van der Waals surface area contributed by atoms with Crippen molar-refractivity contribution in [2.45, 2.75) is 12.8 Å². The minimum Gasteiger partial charge on any atom is -0.378 e. The molecule has 1 nitrogen and oxygen atoms in total. The summed E-state index contributed by atoms with van der Waals surface area (Å²) in [5.74, 6) is 0.968. The number of thiol groups is 1. The van der Waals surface area contributed by atoms with Crippen LogP contribution in [-0.4, -0.2) is 19.8 Å². The van der Waals surface area contributed by atoms with Crippen LogP contribution in [0.3, 0.4) is 0 Å². The number of aryl methyl sites for hydroxylation is 1. The maximum atomic E-state index is 4.20. The van der Waals surface area contributed by atoms with Gasteiger partial charge < -0.3 is 4.90 Å². The molecule has 0 aromatic heterocycles. The number of hydrogen-bond acceptors (Lipinski definition) is 2. The first kappa shape index (κ1) is 10.5. The molecular formula is C11H17NS. The fourth-order valence-electron chi connectivity index (χ4n) is 1.24. The van der Waals surface area contributed by atoms with Crippen molar-refractivity contribution in [1.29, 1.82) is 0 Å². The highest BCUT2D eigenvalue weighted by atomic mass is 32.1. The van der Waals surface area contributed by atoms with E-state index in [1.54, 1.807) is 0 Å². The largest absolute Gasteiger partial charge is 0.378 e. The van der Waals surface area contributed by atoms with E-state index in [0.717, 1.165) is 18.6 Å². The van der Waals surface area contributed by atoms with Gasteiger partial charge in [-0.25, -0.2) is 0 Å². The molecule has 0 atom stereocenters. The summed E-state index contributed by atoms with van der Waals surface area (Å²) in [7, 11) is 4.12. The Balaban J connectivity index is 2.59. The Kier molecular flexibility index (Phi) is 4.16. The van der Waals surface area contributed by atoms with Gasteiger partial charge in [0.1, 0.15) is 0 Å². The van der Waals surface area contributed by atoms with Gasteiger partial charge in [-0.2, -0.15) is 12.6 Å². The number of anilines is 1. The van der Waals surface area contributed by atoms with E-state index in [1.165, 1.54) is 11.3 Å². The monoisotopic (exact) mass is 195 g/mol. The van der Waals surface area contributed by atoms with E-state index in [1.807, 2.05) is 0 Å². The lowest BCUT2D eigenvalue weighted by Crippen LogP contribution is -2.08. The van der Waals surface area contributed by atoms with Gasteiger partial charge in [0.2, 0.25) is 0 Å². The van der Waals surface area contributed by atoms with Crippen molar-refractivity contribution in [3.63, 3.8) is 0 Å². The van der Waals surface area contributed by atoms with E-state index in [-0.39, 0.29) is 0 Å². The van der Waals surface area contributed by atoms with Gasteiger partial charge in [0, 0.05) is 19.8 Å². The highest BCUT2D eigenvalue weighted by molar-refractivity contribution is 7.80. The average Bonchev–Trinajstić information content (AvgIpc) is 2.15. The lowest BCUT2D eigenvalue weighted by Gasteiger charge is -2.12. The summed E-state index contributed by atoms with van der Waals surface area (Å²) >= 11 is 4.20. The summed E-state index contributed by atoms with van der Waals surface area (Å²) in [6.07, 6.45) is 2.29. The van der Waals surface area contributed by atoms with Crippen molar-refractivity contribution in [3.8, 4) is 0 Å². The minimum absolute atomic E-state index is 0.968. The van der Waals surface area contributed by atoms with Gasteiger partial charge in [0.25, 0.3) is 0 Å². The van der Waals surface area contributed by atoms with Crippen LogP contribution in [0.1, 0.15) is 12.0 Å². The predicted molar refractivity (Wildman–Crippen MR) is 62.9 cm³/mol. The van der Waals surface area contributed by atoms with Crippen LogP contribution in [0, 0.1) is 0 Å². The van der Waals surface area contributed by atoms with Crippen LogP contribution in [0.15, 0.2) is 24.3 Å². The molecule has 13 heavy (non-hydrogen) atoms. The van der Waals surface area contributed by atoms with E-state index >= 15 is 0 Å². The second kappa shape index (κ2) is 5.18. The molecule has 72 valence electrons. The van der Waals surface area contributed by atoms with Crippen molar-refractivity contribution in [2.75, 3.05) is 24.7 Å². The summed E-state index contributed by atoms with van der Waals surface area (Å²) < 4.78 is 0. The Hall–Kier alpha value is -0.630. The number of hydrogen-bond donors (Lipinski definition) is 1. The van der Waals surface area contributed by atoms with Crippen LogP contribution >= 0.6 is 12.6 Å². The third kappa shape index (κ3) is 3.31. The molecule has 1 aromatic carbocycles. The first-order chi connectivity index (χ1) is 6.24. The van der Waals surface area contributed by atoms with Crippen molar-refractivity contribution in [1.82, 2.24) is 0 Å². The molecule has 0 aliphatic heterocycles. The zero-order valence-corrected chi connectivity index (χ0v) is 9.22. The SMILES string of the molecule is CN(C)c1ccc(CCCS)cc1. The molecule has 0 saturated heterocycles. The van der Waals surface area contributed by atoms with Crippen molar-refractivity contribution < 1.29 is 0 Å². The van der Waals surface area contributed by atoms with Crippen LogP contribution in [0.25, 0.3) is 0 Å². The van der Waals surface area contributed by atoms with E-state index in [0.29, 0.717) is 0 Å². The molecular weight excluding hydrogens is 178 g/mol. The smallest absolute Gasteiger partial charge is 0.0361 e. The topological polar surface area (TPSA) is 3.24 Å². The molecule has 2 heteroatoms. The fourth-order valence-corrected chi connectivity index (χ4v) is 1.40. The predicted octanol–water partition coefficient (Wildman–Crippen LogP) is 2.62. The Bertz CT molecular complexity index is 241. The van der Waals surface area contributed by atoms with Gasteiger partial charge in [-0.15, -0.1) is 0 Å². The molecule has 0 heterocycles. The Morgan fingerprint density at radius 1 is 1.15 bits per heavy atom. The van der Waals surface area contributed by atoms with Gasteiger partial charge >= 0.3 is 0 Å². The standard InChI is InChI=1S/C11H17NS/c1-12(2)11-7-5-10(6-8-11)4-3-9-13/h5-8,13H,3-4,9H2,1-2H3. The van der Waals surface area contributed by atoms with E-state index < -0.39 is 0 Å². The third-order valence-electron chi connectivity index (χ3n) is 2.08. The third-order valence-corrected chi connectivity index (χ3v) is 2.39. The Morgan fingerprint density at radius 2 is 1.77 bits per heavy atom. The van der Waals surface area contributed by atoms with Gasteiger partial charge in [0.15, 0.2) is 0 Å². The zero-order chi connectivity index (χ0) is 9.68. The Morgan fingerprint density at radius 3 is 2.23 bits per heavy atom. The quantitative estimate of drug-likeness (QED) is 0.723. The van der Waals surface area contributed by atoms with Crippen LogP contribution in [0.4, 0.5) is 5.69 Å². The normalized spacial score (nSPS) is 10.1. The van der Waals surface area contributed by atoms with E-state index in [4.69, 9.17) is 0 Å². The van der Waals surface area contributed by atoms with Crippen LogP contribution in [0.2, 0.25) is 0 Å². The second-order valence-corrected chi connectivity index (χ2v) is 3.84. The molecule has 0 saturated carbocycles. The number of nitrogens with zero attached hydrogens (tertiary/aromatic N) is 1. The summed E-state index contributed by atoms with van der Waals surface area (Å²) in [5, 5.41) is 0. The molecule has 0 aliphatic rings. The molecule has 1 aromatic rings. The summed E-state index contributed by atoms with van der Waals surface area (Å²) in [4.78, 5) is 2.11. The fraction of sp³-hybridized carbons (Fsp3) is 0.455. The first-order valence-electron chi connectivity index (χ1n) is 4.61. The first-order valence-corrected chi connectivity index (χ1v) is 5.24. The van der Waals surface area contributed by atoms with E-state index in [2.05, 4.69) is 55.9 Å². The molecule has 0 spiro atoms. The van der Waals surface area contributed by atoms with Gasteiger partial charge in [-0.1, -0.05) is 12.1 Å². The van der Waals surface area contributed by atoms with Gasteiger partial charge in [-0.05, 0) is 36.3 Å². The van der Waals surface area contributed by atoms with Crippen LogP contribution < -0.4 is 4.90 Å². The maximum Gasteiger partial charge on any atom is 0.0361 e. The van der Waals surface area contributed by atoms with Gasteiger partial charge in [0.05, 0.1) is 0 Å². The molecule has 0 aliphatic carbocycles. The highest BCUT2D eigenvalue weighted by Crippen LogP contribution is 2.13. The average molecular weight is 195 g/mol. The molecule has 0 amide bonds. The summed E-state index contributed by atoms with van der Waals surface area (Å²) in [5.41, 5.74) is 2.66. The van der Waals surface area contributed by atoms with Gasteiger partial charge in [-0.3, -0.25) is 0 Å². The molecule has 0 N–H and O–H groups in total. The summed E-state index contributed by atoms with van der Waals surface area (Å²) in [6.45, 7) is 0. The second-order valence-electron chi connectivity index (χ2n) is 3.39. The molecule has 0 fully saturated rings. The molecule has 0 bridgehead atoms. The zero-order valence-electron chi connectivity index (χ0n) is 8.33. The van der Waals surface area contributed by atoms with Crippen LogP contribution in [-0.2, 0) is 6.42 Å². The number of rotatable bonds is 4. The molecule has 0 unspecified atom stereocenters. The highest BCUT2D eigenvalue weighted by Gasteiger charge is 1.95. The lowest BCUT2D eigenvalue weighted by atomic mass is 10.1. The Labute approximate surface area is 86.2 Å². The van der Waals surface area contributed by atoms with Crippen molar-refractivity contribution in [3.05, 3.63) is 29.8 Å².